The van der Waals surface area contributed by atoms with Crippen LogP contribution >= 0.6 is 0 Å². The first-order valence-electron chi connectivity index (χ1n) is 7.34. The summed E-state index contributed by atoms with van der Waals surface area (Å²) >= 11 is 0. The Morgan fingerprint density at radius 2 is 1.14 bits per heavy atom. The molecule has 0 radical (unpaired) electrons. The predicted molar refractivity (Wildman–Crippen MR) is 93.0 cm³/mol. The van der Waals surface area contributed by atoms with Gasteiger partial charge in [-0.3, -0.25) is 4.99 Å². The fourth-order valence-corrected chi connectivity index (χ4v) is 2.49. The molecule has 0 aliphatic carbocycles. The maximum absolute atomic E-state index is 5.64. The van der Waals surface area contributed by atoms with E-state index in [9.17, 15) is 0 Å². The standard InChI is InChI=1S/C20H18N2/c21-15-22-20(18-9-5-2-6-10-18)19-13-11-17(12-14-19)16-7-3-1-4-8-16/h1-14H,15,21H2/b22-20-. The third kappa shape index (κ3) is 3.13. The van der Waals surface area contributed by atoms with Gasteiger partial charge in [0.15, 0.2) is 0 Å². The Hall–Kier alpha value is -2.71. The van der Waals surface area contributed by atoms with E-state index in [2.05, 4.69) is 65.7 Å². The second-order valence-corrected chi connectivity index (χ2v) is 5.00. The molecule has 0 spiro atoms. The molecule has 3 aromatic rings. The molecule has 22 heavy (non-hydrogen) atoms. The number of rotatable bonds is 4. The third-order valence-electron chi connectivity index (χ3n) is 3.56. The maximum atomic E-state index is 5.64. The average Bonchev–Trinajstić information content (AvgIpc) is 2.61. The topological polar surface area (TPSA) is 38.4 Å². The molecule has 2 N–H and O–H groups in total. The molecular weight excluding hydrogens is 268 g/mol. The molecule has 0 saturated heterocycles. The van der Waals surface area contributed by atoms with Gasteiger partial charge in [0.1, 0.15) is 0 Å². The lowest BCUT2D eigenvalue weighted by atomic mass is 9.99. The second kappa shape index (κ2) is 6.83. The predicted octanol–water partition coefficient (Wildman–Crippen LogP) is 4.11. The van der Waals surface area contributed by atoms with Gasteiger partial charge >= 0.3 is 0 Å². The van der Waals surface area contributed by atoms with Crippen LogP contribution in [0.5, 0.6) is 0 Å². The lowest BCUT2D eigenvalue weighted by Gasteiger charge is -2.08. The fraction of sp³-hybridized carbons (Fsp3) is 0.0500. The molecule has 0 aliphatic rings. The normalized spacial score (nSPS) is 11.4. The van der Waals surface area contributed by atoms with Gasteiger partial charge in [-0.05, 0) is 11.1 Å². The molecule has 108 valence electrons. The minimum Gasteiger partial charge on any atom is -0.312 e. The molecule has 0 aromatic heterocycles. The molecular formula is C20H18N2. The van der Waals surface area contributed by atoms with E-state index >= 15 is 0 Å². The molecule has 0 aliphatic heterocycles. The minimum absolute atomic E-state index is 0.282. The van der Waals surface area contributed by atoms with Crippen LogP contribution in [0.15, 0.2) is 89.9 Å². The zero-order chi connectivity index (χ0) is 15.2. The van der Waals surface area contributed by atoms with Crippen LogP contribution in [0, 0.1) is 0 Å². The fourth-order valence-electron chi connectivity index (χ4n) is 2.49. The molecule has 0 fully saturated rings. The second-order valence-electron chi connectivity index (χ2n) is 5.00. The van der Waals surface area contributed by atoms with Crippen LogP contribution in [0.1, 0.15) is 11.1 Å². The van der Waals surface area contributed by atoms with Gasteiger partial charge in [0.2, 0.25) is 0 Å². The third-order valence-corrected chi connectivity index (χ3v) is 3.56. The summed E-state index contributed by atoms with van der Waals surface area (Å²) in [5.74, 6) is 0. The van der Waals surface area contributed by atoms with Crippen molar-refractivity contribution in [1.82, 2.24) is 0 Å². The van der Waals surface area contributed by atoms with Crippen molar-refractivity contribution < 1.29 is 0 Å². The monoisotopic (exact) mass is 286 g/mol. The SMILES string of the molecule is NC/N=C(/c1ccccc1)c1ccc(-c2ccccc2)cc1. The Balaban J connectivity index is 1.96. The van der Waals surface area contributed by atoms with E-state index in [1.54, 1.807) is 0 Å². The van der Waals surface area contributed by atoms with E-state index < -0.39 is 0 Å². The number of aliphatic imine (C=N–C) groups is 1. The van der Waals surface area contributed by atoms with Gasteiger partial charge in [-0.15, -0.1) is 0 Å². The highest BCUT2D eigenvalue weighted by Gasteiger charge is 2.06. The molecule has 0 amide bonds. The summed E-state index contributed by atoms with van der Waals surface area (Å²) < 4.78 is 0. The van der Waals surface area contributed by atoms with Gasteiger partial charge in [-0.2, -0.15) is 0 Å². The molecule has 0 unspecified atom stereocenters. The number of nitrogens with two attached hydrogens (primary N) is 1. The van der Waals surface area contributed by atoms with Gasteiger partial charge in [0.05, 0.1) is 12.4 Å². The summed E-state index contributed by atoms with van der Waals surface area (Å²) in [5.41, 5.74) is 11.1. The van der Waals surface area contributed by atoms with E-state index in [1.165, 1.54) is 11.1 Å². The van der Waals surface area contributed by atoms with Crippen LogP contribution in [-0.4, -0.2) is 12.4 Å². The van der Waals surface area contributed by atoms with Gasteiger partial charge in [-0.1, -0.05) is 84.9 Å². The van der Waals surface area contributed by atoms with Crippen LogP contribution in [-0.2, 0) is 0 Å². The van der Waals surface area contributed by atoms with E-state index in [0.29, 0.717) is 0 Å². The van der Waals surface area contributed by atoms with Gasteiger partial charge < -0.3 is 5.73 Å². The number of benzene rings is 3. The molecule has 2 heteroatoms. The lowest BCUT2D eigenvalue weighted by Crippen LogP contribution is -2.07. The molecule has 3 rings (SSSR count). The van der Waals surface area contributed by atoms with Crippen molar-refractivity contribution >= 4 is 5.71 Å². The van der Waals surface area contributed by atoms with Crippen molar-refractivity contribution in [3.63, 3.8) is 0 Å². The largest absolute Gasteiger partial charge is 0.312 e. The number of hydrogen-bond donors (Lipinski definition) is 1. The van der Waals surface area contributed by atoms with Crippen molar-refractivity contribution in [3.05, 3.63) is 96.1 Å². The summed E-state index contributed by atoms with van der Waals surface area (Å²) in [6.07, 6.45) is 0. The molecule has 0 bridgehead atoms. The van der Waals surface area contributed by atoms with Gasteiger partial charge in [0.25, 0.3) is 0 Å². The lowest BCUT2D eigenvalue weighted by molar-refractivity contribution is 1.07. The Morgan fingerprint density at radius 3 is 1.73 bits per heavy atom. The zero-order valence-electron chi connectivity index (χ0n) is 12.3. The summed E-state index contributed by atoms with van der Waals surface area (Å²) in [5, 5.41) is 0. The molecule has 0 atom stereocenters. The van der Waals surface area contributed by atoms with Crippen LogP contribution < -0.4 is 5.73 Å². The Kier molecular flexibility index (Phi) is 4.42. The van der Waals surface area contributed by atoms with Crippen molar-refractivity contribution in [2.24, 2.45) is 10.7 Å². The smallest absolute Gasteiger partial charge is 0.0867 e. The summed E-state index contributed by atoms with van der Waals surface area (Å²) in [6.45, 7) is 0.282. The first-order valence-corrected chi connectivity index (χ1v) is 7.34. The van der Waals surface area contributed by atoms with E-state index in [4.69, 9.17) is 5.73 Å². The van der Waals surface area contributed by atoms with Crippen LogP contribution in [0.2, 0.25) is 0 Å². The molecule has 0 heterocycles. The molecule has 0 saturated carbocycles. The number of hydrogen-bond acceptors (Lipinski definition) is 2. The molecule has 2 nitrogen and oxygen atoms in total. The highest BCUT2D eigenvalue weighted by Crippen LogP contribution is 2.20. The van der Waals surface area contributed by atoms with E-state index in [1.807, 2.05) is 24.3 Å². The quantitative estimate of drug-likeness (QED) is 0.720. The van der Waals surface area contributed by atoms with E-state index in [-0.39, 0.29) is 6.67 Å². The minimum atomic E-state index is 0.282. The first kappa shape index (κ1) is 14.2. The Morgan fingerprint density at radius 1 is 0.636 bits per heavy atom. The van der Waals surface area contributed by atoms with Crippen molar-refractivity contribution in [2.75, 3.05) is 6.67 Å². The maximum Gasteiger partial charge on any atom is 0.0867 e. The van der Waals surface area contributed by atoms with Crippen molar-refractivity contribution in [1.29, 1.82) is 0 Å². The van der Waals surface area contributed by atoms with Gasteiger partial charge in [-0.25, -0.2) is 0 Å². The highest BCUT2D eigenvalue weighted by molar-refractivity contribution is 6.13. The van der Waals surface area contributed by atoms with Gasteiger partial charge in [0, 0.05) is 11.1 Å². The van der Waals surface area contributed by atoms with Crippen molar-refractivity contribution in [3.8, 4) is 11.1 Å². The highest BCUT2D eigenvalue weighted by atomic mass is 14.9. The molecule has 3 aromatic carbocycles. The zero-order valence-corrected chi connectivity index (χ0v) is 12.3. The first-order chi connectivity index (χ1) is 10.9. The summed E-state index contributed by atoms with van der Waals surface area (Å²) in [6, 6.07) is 28.9. The number of nitrogens with zero attached hydrogens (tertiary/aromatic N) is 1. The average molecular weight is 286 g/mol. The van der Waals surface area contributed by atoms with Crippen LogP contribution in [0.3, 0.4) is 0 Å². The summed E-state index contributed by atoms with van der Waals surface area (Å²) in [4.78, 5) is 4.46. The van der Waals surface area contributed by atoms with Crippen LogP contribution in [0.25, 0.3) is 11.1 Å². The summed E-state index contributed by atoms with van der Waals surface area (Å²) in [7, 11) is 0. The Bertz CT molecular complexity index is 745. The Labute approximate surface area is 131 Å². The van der Waals surface area contributed by atoms with E-state index in [0.717, 1.165) is 16.8 Å². The van der Waals surface area contributed by atoms with Crippen LogP contribution in [0.4, 0.5) is 0 Å². The van der Waals surface area contributed by atoms with Crippen molar-refractivity contribution in [2.45, 2.75) is 0 Å².